The predicted molar refractivity (Wildman–Crippen MR) is 59.2 cm³/mol. The second-order valence-corrected chi connectivity index (χ2v) is 4.24. The van der Waals surface area contributed by atoms with Crippen molar-refractivity contribution in [2.24, 2.45) is 0 Å². The molecule has 0 amide bonds. The Morgan fingerprint density at radius 2 is 2.36 bits per heavy atom. The largest absolute Gasteiger partial charge is 0.393 e. The van der Waals surface area contributed by atoms with Gasteiger partial charge in [-0.15, -0.1) is 0 Å². The Morgan fingerprint density at radius 1 is 1.57 bits per heavy atom. The standard InChI is InChI=1S/C10H11BrN2O/c1-6(14)4-7-2-3-9-8(5-7)10(11)13-12-9/h2-3,5-6,14H,4H2,1H3,(H,12,13). The lowest BCUT2D eigenvalue weighted by Crippen LogP contribution is -2.03. The molecule has 0 saturated heterocycles. The zero-order valence-corrected chi connectivity index (χ0v) is 9.37. The molecule has 14 heavy (non-hydrogen) atoms. The lowest BCUT2D eigenvalue weighted by Gasteiger charge is -2.03. The number of halogens is 1. The molecular formula is C10H11BrN2O. The summed E-state index contributed by atoms with van der Waals surface area (Å²) in [6, 6.07) is 5.98. The van der Waals surface area contributed by atoms with Gasteiger partial charge in [-0.05, 0) is 47.0 Å². The maximum absolute atomic E-state index is 9.26. The van der Waals surface area contributed by atoms with E-state index < -0.39 is 0 Å². The maximum atomic E-state index is 9.26. The number of hydrogen-bond donors (Lipinski definition) is 2. The van der Waals surface area contributed by atoms with Crippen LogP contribution in [0.15, 0.2) is 22.8 Å². The van der Waals surface area contributed by atoms with Crippen molar-refractivity contribution < 1.29 is 5.11 Å². The van der Waals surface area contributed by atoms with Crippen LogP contribution in [0.4, 0.5) is 0 Å². The number of aliphatic hydroxyl groups excluding tert-OH is 1. The van der Waals surface area contributed by atoms with Gasteiger partial charge in [0.15, 0.2) is 0 Å². The van der Waals surface area contributed by atoms with Crippen molar-refractivity contribution in [1.82, 2.24) is 10.2 Å². The van der Waals surface area contributed by atoms with Crippen molar-refractivity contribution in [3.05, 3.63) is 28.4 Å². The molecule has 74 valence electrons. The van der Waals surface area contributed by atoms with Crippen LogP contribution in [0.1, 0.15) is 12.5 Å². The number of hydrogen-bond acceptors (Lipinski definition) is 2. The Hall–Kier alpha value is -0.870. The Kier molecular flexibility index (Phi) is 2.56. The van der Waals surface area contributed by atoms with Gasteiger partial charge in [-0.3, -0.25) is 5.10 Å². The van der Waals surface area contributed by atoms with Crippen LogP contribution in [-0.4, -0.2) is 21.4 Å². The van der Waals surface area contributed by atoms with Gasteiger partial charge >= 0.3 is 0 Å². The number of nitrogens with one attached hydrogen (secondary N) is 1. The fraction of sp³-hybridized carbons (Fsp3) is 0.300. The molecule has 2 rings (SSSR count). The third-order valence-corrected chi connectivity index (χ3v) is 2.71. The molecule has 1 aromatic carbocycles. The number of rotatable bonds is 2. The van der Waals surface area contributed by atoms with Crippen LogP contribution in [0, 0.1) is 0 Å². The van der Waals surface area contributed by atoms with E-state index in [-0.39, 0.29) is 6.10 Å². The minimum absolute atomic E-state index is 0.307. The van der Waals surface area contributed by atoms with Crippen LogP contribution in [0.5, 0.6) is 0 Å². The van der Waals surface area contributed by atoms with Gasteiger partial charge in [-0.1, -0.05) is 6.07 Å². The Bertz CT molecular complexity index is 450. The summed E-state index contributed by atoms with van der Waals surface area (Å²) in [5.41, 5.74) is 2.06. The van der Waals surface area contributed by atoms with Crippen LogP contribution < -0.4 is 0 Å². The normalized spacial score (nSPS) is 13.4. The first-order valence-corrected chi connectivity index (χ1v) is 5.26. The number of aliphatic hydroxyl groups is 1. The Labute approximate surface area is 90.3 Å². The molecule has 0 radical (unpaired) electrons. The zero-order chi connectivity index (χ0) is 10.1. The molecule has 0 bridgehead atoms. The van der Waals surface area contributed by atoms with Gasteiger partial charge < -0.3 is 5.11 Å². The van der Waals surface area contributed by atoms with Gasteiger partial charge in [-0.2, -0.15) is 5.10 Å². The average Bonchev–Trinajstić information content (AvgIpc) is 2.47. The maximum Gasteiger partial charge on any atom is 0.108 e. The molecule has 0 fully saturated rings. The summed E-state index contributed by atoms with van der Waals surface area (Å²) in [6.07, 6.45) is 0.367. The number of aromatic amines is 1. The molecule has 0 aliphatic rings. The summed E-state index contributed by atoms with van der Waals surface area (Å²) in [4.78, 5) is 0. The summed E-state index contributed by atoms with van der Waals surface area (Å²) in [6.45, 7) is 1.79. The van der Waals surface area contributed by atoms with Gasteiger partial charge in [0.2, 0.25) is 0 Å². The molecule has 0 aliphatic carbocycles. The zero-order valence-electron chi connectivity index (χ0n) is 7.79. The molecule has 1 heterocycles. The first kappa shape index (κ1) is 9.68. The van der Waals surface area contributed by atoms with Crippen LogP contribution in [0.25, 0.3) is 10.9 Å². The van der Waals surface area contributed by atoms with Crippen molar-refractivity contribution in [3.63, 3.8) is 0 Å². The molecule has 1 aromatic heterocycles. The van der Waals surface area contributed by atoms with Crippen molar-refractivity contribution in [3.8, 4) is 0 Å². The summed E-state index contributed by atoms with van der Waals surface area (Å²) in [7, 11) is 0. The fourth-order valence-corrected chi connectivity index (χ4v) is 1.90. The van der Waals surface area contributed by atoms with Gasteiger partial charge in [0, 0.05) is 5.39 Å². The van der Waals surface area contributed by atoms with E-state index in [2.05, 4.69) is 26.1 Å². The van der Waals surface area contributed by atoms with E-state index in [9.17, 15) is 5.11 Å². The fourth-order valence-electron chi connectivity index (χ4n) is 1.49. The topological polar surface area (TPSA) is 48.9 Å². The molecule has 0 spiro atoms. The Balaban J connectivity index is 2.44. The van der Waals surface area contributed by atoms with Crippen molar-refractivity contribution in [2.45, 2.75) is 19.4 Å². The first-order chi connectivity index (χ1) is 6.66. The highest BCUT2D eigenvalue weighted by molar-refractivity contribution is 9.10. The molecule has 0 saturated carbocycles. The van der Waals surface area contributed by atoms with Gasteiger partial charge in [0.1, 0.15) is 4.60 Å². The number of H-pyrrole nitrogens is 1. The summed E-state index contributed by atoms with van der Waals surface area (Å²) in [5, 5.41) is 17.3. The van der Waals surface area contributed by atoms with E-state index in [4.69, 9.17) is 0 Å². The molecule has 4 heteroatoms. The van der Waals surface area contributed by atoms with Crippen molar-refractivity contribution in [2.75, 3.05) is 0 Å². The second kappa shape index (κ2) is 3.71. The molecule has 3 nitrogen and oxygen atoms in total. The second-order valence-electron chi connectivity index (χ2n) is 3.44. The van der Waals surface area contributed by atoms with Crippen LogP contribution in [0.3, 0.4) is 0 Å². The van der Waals surface area contributed by atoms with E-state index in [1.54, 1.807) is 6.92 Å². The monoisotopic (exact) mass is 254 g/mol. The van der Waals surface area contributed by atoms with Gasteiger partial charge in [-0.25, -0.2) is 0 Å². The number of fused-ring (bicyclic) bond motifs is 1. The first-order valence-electron chi connectivity index (χ1n) is 4.47. The van der Waals surface area contributed by atoms with E-state index in [0.717, 1.165) is 21.1 Å². The molecule has 1 atom stereocenters. The molecule has 1 unspecified atom stereocenters. The van der Waals surface area contributed by atoms with Crippen molar-refractivity contribution >= 4 is 26.8 Å². The summed E-state index contributed by atoms with van der Waals surface area (Å²) in [5.74, 6) is 0. The van der Waals surface area contributed by atoms with Crippen LogP contribution in [0.2, 0.25) is 0 Å². The van der Waals surface area contributed by atoms with Crippen LogP contribution in [-0.2, 0) is 6.42 Å². The number of aromatic nitrogens is 2. The highest BCUT2D eigenvalue weighted by Gasteiger charge is 2.05. The van der Waals surface area contributed by atoms with Crippen LogP contribution >= 0.6 is 15.9 Å². The minimum atomic E-state index is -0.307. The smallest absolute Gasteiger partial charge is 0.108 e. The van der Waals surface area contributed by atoms with Gasteiger partial charge in [0.25, 0.3) is 0 Å². The quantitative estimate of drug-likeness (QED) is 0.864. The molecule has 0 aliphatic heterocycles. The summed E-state index contributed by atoms with van der Waals surface area (Å²) >= 11 is 3.39. The summed E-state index contributed by atoms with van der Waals surface area (Å²) < 4.78 is 0.889. The molecule has 2 aromatic rings. The van der Waals surface area contributed by atoms with E-state index in [0.29, 0.717) is 6.42 Å². The SMILES string of the molecule is CC(O)Cc1ccc2n[nH]c(Br)c2c1. The lowest BCUT2D eigenvalue weighted by atomic mass is 10.1. The minimum Gasteiger partial charge on any atom is -0.393 e. The average molecular weight is 255 g/mol. The highest BCUT2D eigenvalue weighted by atomic mass is 79.9. The lowest BCUT2D eigenvalue weighted by molar-refractivity contribution is 0.195. The van der Waals surface area contributed by atoms with Crippen molar-refractivity contribution in [1.29, 1.82) is 0 Å². The predicted octanol–water partition coefficient (Wildman–Crippen LogP) is 2.25. The van der Waals surface area contributed by atoms with Gasteiger partial charge in [0.05, 0.1) is 11.6 Å². The van der Waals surface area contributed by atoms with E-state index in [1.807, 2.05) is 18.2 Å². The third-order valence-electron chi connectivity index (χ3n) is 2.10. The number of benzene rings is 1. The molecule has 2 N–H and O–H groups in total. The number of nitrogens with zero attached hydrogens (tertiary/aromatic N) is 1. The van der Waals surface area contributed by atoms with E-state index >= 15 is 0 Å². The third kappa shape index (κ3) is 1.81. The van der Waals surface area contributed by atoms with E-state index in [1.165, 1.54) is 0 Å². The Morgan fingerprint density at radius 3 is 3.07 bits per heavy atom. The highest BCUT2D eigenvalue weighted by Crippen LogP contribution is 2.22. The molecular weight excluding hydrogens is 244 g/mol.